The topological polar surface area (TPSA) is 214 Å². The molecule has 12 heteroatoms. The highest BCUT2D eigenvalue weighted by molar-refractivity contribution is 5.74. The SMILES string of the molecule is COC(=O)[C@@H](O)C[C@@H](C)C1C[C@H](O)[C@H]2C3C(CC[C@]12C)[C@@]1(C)CC[C@@H](O)C[C@H]1C[C@H]3O.COC(=O)[C@H](O)C[C@@H](C)C1C[C@H](O)[C@H]2C3C(CC[C@]12C)[C@@]1(C)CC[C@@H](O)C[C@H]1C[C@H]3O. The Hall–Kier alpha value is -1.38. The highest BCUT2D eigenvalue weighted by Gasteiger charge is 2.67. The van der Waals surface area contributed by atoms with Gasteiger partial charge in [0.15, 0.2) is 12.2 Å². The molecule has 0 radical (unpaired) electrons. The van der Waals surface area contributed by atoms with E-state index in [0.717, 1.165) is 77.0 Å². The fraction of sp³-hybridized carbons (Fsp3) is 0.960. The second-order valence-electron chi connectivity index (χ2n) is 23.7. The number of carbonyl (C=O) groups is 2. The van der Waals surface area contributed by atoms with Gasteiger partial charge in [0.1, 0.15) is 0 Å². The smallest absolute Gasteiger partial charge is 0.334 e. The molecule has 12 nitrogen and oxygen atoms in total. The van der Waals surface area contributed by atoms with Crippen LogP contribution in [-0.4, -0.2) is 116 Å². The van der Waals surface area contributed by atoms with Crippen LogP contribution in [0.25, 0.3) is 0 Å². The minimum atomic E-state index is -1.13. The first-order chi connectivity index (χ1) is 29.0. The van der Waals surface area contributed by atoms with E-state index in [1.807, 2.05) is 0 Å². The van der Waals surface area contributed by atoms with Crippen LogP contribution in [0, 0.1) is 92.7 Å². The zero-order valence-electron chi connectivity index (χ0n) is 39.1. The van der Waals surface area contributed by atoms with Crippen LogP contribution in [0.2, 0.25) is 0 Å². The van der Waals surface area contributed by atoms with Gasteiger partial charge in [0.05, 0.1) is 50.8 Å². The zero-order chi connectivity index (χ0) is 45.4. The number of fused-ring (bicyclic) bond motifs is 10. The molecule has 0 heterocycles. The lowest BCUT2D eigenvalue weighted by atomic mass is 9.43. The maximum absolute atomic E-state index is 11.7. The first kappa shape index (κ1) is 48.6. The van der Waals surface area contributed by atoms with Crippen LogP contribution >= 0.6 is 0 Å². The Morgan fingerprint density at radius 1 is 0.516 bits per heavy atom. The van der Waals surface area contributed by atoms with Crippen molar-refractivity contribution in [1.82, 2.24) is 0 Å². The molecule has 8 N–H and O–H groups in total. The number of carbonyl (C=O) groups excluding carboxylic acids is 2. The molecule has 8 aliphatic rings. The van der Waals surface area contributed by atoms with E-state index in [9.17, 15) is 50.4 Å². The first-order valence-electron chi connectivity index (χ1n) is 24.7. The number of ether oxygens (including phenoxy) is 2. The van der Waals surface area contributed by atoms with Crippen molar-refractivity contribution in [3.8, 4) is 0 Å². The van der Waals surface area contributed by atoms with E-state index in [4.69, 9.17) is 9.47 Å². The number of esters is 2. The van der Waals surface area contributed by atoms with Gasteiger partial charge in [-0.25, -0.2) is 9.59 Å². The predicted octanol–water partition coefficient (Wildman–Crippen LogP) is 5.02. The average molecular weight is 877 g/mol. The second-order valence-corrected chi connectivity index (χ2v) is 23.7. The van der Waals surface area contributed by atoms with Gasteiger partial charge in [-0.2, -0.15) is 0 Å². The Bertz CT molecular complexity index is 1480. The van der Waals surface area contributed by atoms with Gasteiger partial charge in [-0.1, -0.05) is 41.5 Å². The summed E-state index contributed by atoms with van der Waals surface area (Å²) in [7, 11) is 2.58. The van der Waals surface area contributed by atoms with E-state index in [0.29, 0.717) is 49.4 Å². The summed E-state index contributed by atoms with van der Waals surface area (Å²) in [6.45, 7) is 13.4. The molecule has 0 amide bonds. The van der Waals surface area contributed by atoms with Crippen LogP contribution in [0.3, 0.4) is 0 Å². The number of aliphatic hydroxyl groups is 8. The van der Waals surface area contributed by atoms with Crippen molar-refractivity contribution in [3.05, 3.63) is 0 Å². The van der Waals surface area contributed by atoms with Crippen molar-refractivity contribution in [1.29, 1.82) is 0 Å². The van der Waals surface area contributed by atoms with Crippen LogP contribution < -0.4 is 0 Å². The lowest BCUT2D eigenvalue weighted by Crippen LogP contribution is -2.60. The maximum atomic E-state index is 11.7. The van der Waals surface area contributed by atoms with E-state index < -0.39 is 48.6 Å². The Labute approximate surface area is 370 Å². The quantitative estimate of drug-likeness (QED) is 0.151. The molecule has 0 spiro atoms. The van der Waals surface area contributed by atoms with Crippen molar-refractivity contribution < 1.29 is 59.9 Å². The van der Waals surface area contributed by atoms with E-state index >= 15 is 0 Å². The molecular weight excluding hydrogens is 793 g/mol. The van der Waals surface area contributed by atoms with Crippen molar-refractivity contribution in [2.75, 3.05) is 14.2 Å². The fourth-order valence-corrected chi connectivity index (χ4v) is 17.9. The summed E-state index contributed by atoms with van der Waals surface area (Å²) in [6, 6.07) is 0. The second kappa shape index (κ2) is 18.0. The van der Waals surface area contributed by atoms with E-state index in [2.05, 4.69) is 41.5 Å². The largest absolute Gasteiger partial charge is 0.467 e. The van der Waals surface area contributed by atoms with Crippen LogP contribution in [0.5, 0.6) is 0 Å². The summed E-state index contributed by atoms with van der Waals surface area (Å²) in [6.07, 6.45) is 8.12. The van der Waals surface area contributed by atoms with E-state index in [1.165, 1.54) is 14.2 Å². The molecule has 0 aromatic carbocycles. The molecule has 6 unspecified atom stereocenters. The fourth-order valence-electron chi connectivity index (χ4n) is 17.9. The van der Waals surface area contributed by atoms with Crippen LogP contribution in [0.4, 0.5) is 0 Å². The van der Waals surface area contributed by atoms with Gasteiger partial charge < -0.3 is 50.3 Å². The molecule has 0 saturated heterocycles. The first-order valence-corrected chi connectivity index (χ1v) is 24.7. The summed E-state index contributed by atoms with van der Waals surface area (Å²) in [5.74, 6) is 0.996. The standard InChI is InChI=1S/2C25H42O6/c2*1-13(9-20(29)23(30)31-4)17-12-19(28)22-21-16(6-8-25(17,22)3)24(2)7-5-15(26)10-14(24)11-18(21)27/h2*13-22,26-29H,5-12H2,1-4H3/t13-,14+,15-,16?,17?,18-,19+,20+,21?,22+,24+,25-;13-,14+,15-,16?,17?,18-,19+,20-,21?,22+,24+,25-/m11/s1. The molecule has 8 aliphatic carbocycles. The van der Waals surface area contributed by atoms with Gasteiger partial charge >= 0.3 is 11.9 Å². The molecule has 8 rings (SSSR count). The predicted molar refractivity (Wildman–Crippen MR) is 232 cm³/mol. The van der Waals surface area contributed by atoms with E-state index in [1.54, 1.807) is 0 Å². The molecule has 356 valence electrons. The monoisotopic (exact) mass is 877 g/mol. The minimum absolute atomic E-state index is 0.0357. The summed E-state index contributed by atoms with van der Waals surface area (Å²) in [4.78, 5) is 23.5. The number of aliphatic hydroxyl groups excluding tert-OH is 8. The maximum Gasteiger partial charge on any atom is 0.334 e. The molecular formula is C50H84O12. The molecule has 0 aromatic rings. The van der Waals surface area contributed by atoms with Crippen molar-refractivity contribution in [2.24, 2.45) is 92.7 Å². The summed E-state index contributed by atoms with van der Waals surface area (Å²) in [5.41, 5.74) is 0.00626. The molecule has 8 saturated carbocycles. The third-order valence-electron chi connectivity index (χ3n) is 20.9. The van der Waals surface area contributed by atoms with Crippen molar-refractivity contribution in [2.45, 2.75) is 193 Å². The third kappa shape index (κ3) is 8.14. The lowest BCUT2D eigenvalue weighted by Gasteiger charge is -2.62. The van der Waals surface area contributed by atoms with Gasteiger partial charge in [-0.15, -0.1) is 0 Å². The Morgan fingerprint density at radius 3 is 1.19 bits per heavy atom. The Balaban J connectivity index is 0.000000186. The number of hydrogen-bond acceptors (Lipinski definition) is 12. The van der Waals surface area contributed by atoms with Crippen LogP contribution in [0.15, 0.2) is 0 Å². The normalized spacial score (nSPS) is 51.2. The summed E-state index contributed by atoms with van der Waals surface area (Å²) < 4.78 is 9.39. The van der Waals surface area contributed by atoms with Crippen LogP contribution in [-0.2, 0) is 19.1 Å². The highest BCUT2D eigenvalue weighted by Crippen LogP contribution is 2.70. The number of hydrogen-bond donors (Lipinski definition) is 8. The Kier molecular flexibility index (Phi) is 14.1. The molecule has 0 aliphatic heterocycles. The lowest BCUT2D eigenvalue weighted by molar-refractivity contribution is -0.185. The summed E-state index contributed by atoms with van der Waals surface area (Å²) >= 11 is 0. The molecule has 0 bridgehead atoms. The minimum Gasteiger partial charge on any atom is -0.467 e. The molecule has 62 heavy (non-hydrogen) atoms. The van der Waals surface area contributed by atoms with Gasteiger partial charge in [-0.05, 0) is 195 Å². The van der Waals surface area contributed by atoms with Gasteiger partial charge in [0.25, 0.3) is 0 Å². The molecule has 0 aromatic heterocycles. The van der Waals surface area contributed by atoms with Crippen molar-refractivity contribution >= 4 is 11.9 Å². The third-order valence-corrected chi connectivity index (χ3v) is 20.9. The zero-order valence-corrected chi connectivity index (χ0v) is 39.1. The highest BCUT2D eigenvalue weighted by atomic mass is 16.5. The van der Waals surface area contributed by atoms with Crippen molar-refractivity contribution in [3.63, 3.8) is 0 Å². The average Bonchev–Trinajstić information content (AvgIpc) is 3.66. The van der Waals surface area contributed by atoms with Crippen LogP contribution in [0.1, 0.15) is 144 Å². The van der Waals surface area contributed by atoms with E-state index in [-0.39, 0.29) is 81.2 Å². The Morgan fingerprint density at radius 2 is 0.855 bits per heavy atom. The number of rotatable bonds is 8. The summed E-state index contributed by atoms with van der Waals surface area (Å²) in [5, 5.41) is 86.0. The van der Waals surface area contributed by atoms with Gasteiger partial charge in [0, 0.05) is 0 Å². The molecule has 24 atom stereocenters. The molecule has 8 fully saturated rings. The van der Waals surface area contributed by atoms with Gasteiger partial charge in [0.2, 0.25) is 0 Å². The number of methoxy groups -OCH3 is 2. The van der Waals surface area contributed by atoms with Gasteiger partial charge in [-0.3, -0.25) is 0 Å².